The van der Waals surface area contributed by atoms with Crippen LogP contribution in [0.3, 0.4) is 0 Å². The Morgan fingerprint density at radius 1 is 1.28 bits per heavy atom. The number of aryl methyl sites for hydroxylation is 1. The molecule has 1 atom stereocenters. The maximum atomic E-state index is 12.7. The van der Waals surface area contributed by atoms with Gasteiger partial charge in [0.1, 0.15) is 18.1 Å². The third-order valence-electron chi connectivity index (χ3n) is 4.17. The van der Waals surface area contributed by atoms with E-state index >= 15 is 0 Å². The minimum Gasteiger partial charge on any atom is -0.482 e. The molecule has 2 amide bonds. The van der Waals surface area contributed by atoms with E-state index < -0.39 is 6.04 Å². The van der Waals surface area contributed by atoms with Gasteiger partial charge >= 0.3 is 0 Å². The molecule has 0 fully saturated rings. The number of ether oxygens (including phenoxy) is 1. The molecule has 1 heterocycles. The van der Waals surface area contributed by atoms with Crippen LogP contribution >= 0.6 is 0 Å². The fourth-order valence-corrected chi connectivity index (χ4v) is 2.75. The van der Waals surface area contributed by atoms with E-state index in [4.69, 9.17) is 4.74 Å². The molecule has 6 nitrogen and oxygen atoms in total. The molecule has 0 saturated heterocycles. The molecule has 1 unspecified atom stereocenters. The maximum absolute atomic E-state index is 12.7. The lowest BCUT2D eigenvalue weighted by Gasteiger charge is -2.33. The number of nitrogens with one attached hydrogen (secondary N) is 1. The number of nitrogens with zero attached hydrogens (tertiary/aromatic N) is 1. The van der Waals surface area contributed by atoms with E-state index in [0.29, 0.717) is 29.0 Å². The van der Waals surface area contributed by atoms with E-state index in [0.717, 1.165) is 5.56 Å². The van der Waals surface area contributed by atoms with Crippen molar-refractivity contribution in [2.45, 2.75) is 19.9 Å². The summed E-state index contributed by atoms with van der Waals surface area (Å²) in [6.45, 7) is 3.40. The lowest BCUT2D eigenvalue weighted by molar-refractivity contribution is -0.125. The van der Waals surface area contributed by atoms with Gasteiger partial charge in [0, 0.05) is 11.3 Å². The van der Waals surface area contributed by atoms with Crippen molar-refractivity contribution in [3.63, 3.8) is 0 Å². The molecule has 128 valence electrons. The van der Waals surface area contributed by atoms with Crippen LogP contribution in [0.25, 0.3) is 0 Å². The summed E-state index contributed by atoms with van der Waals surface area (Å²) in [4.78, 5) is 37.4. The second kappa shape index (κ2) is 6.76. The number of hydrogen-bond donors (Lipinski definition) is 1. The van der Waals surface area contributed by atoms with Crippen molar-refractivity contribution in [3.8, 4) is 5.75 Å². The fraction of sp³-hybridized carbons (Fsp3) is 0.211. The Labute approximate surface area is 145 Å². The number of amides is 2. The number of para-hydroxylation sites is 1. The Hall–Kier alpha value is -3.15. The molecule has 0 aromatic heterocycles. The van der Waals surface area contributed by atoms with Crippen molar-refractivity contribution in [2.24, 2.45) is 0 Å². The fourth-order valence-electron chi connectivity index (χ4n) is 2.75. The first kappa shape index (κ1) is 16.7. The molecule has 2 aromatic rings. The summed E-state index contributed by atoms with van der Waals surface area (Å²) in [5.41, 5.74) is 2.46. The molecule has 0 bridgehead atoms. The van der Waals surface area contributed by atoms with Gasteiger partial charge in [0.05, 0.1) is 5.69 Å². The number of carbonyl (C=O) groups is 3. The van der Waals surface area contributed by atoms with Gasteiger partial charge in [-0.05, 0) is 43.7 Å². The quantitative estimate of drug-likeness (QED) is 0.870. The summed E-state index contributed by atoms with van der Waals surface area (Å²) in [5, 5.41) is 2.84. The molecule has 0 saturated carbocycles. The van der Waals surface area contributed by atoms with E-state index in [1.807, 2.05) is 25.1 Å². The number of carbonyl (C=O) groups excluding carboxylic acids is 3. The van der Waals surface area contributed by atoms with Crippen LogP contribution in [-0.4, -0.2) is 30.7 Å². The second-order valence-corrected chi connectivity index (χ2v) is 5.88. The van der Waals surface area contributed by atoms with Crippen LogP contribution in [0.4, 0.5) is 11.4 Å². The lowest BCUT2D eigenvalue weighted by Crippen LogP contribution is -2.49. The third kappa shape index (κ3) is 3.24. The molecular weight excluding hydrogens is 320 g/mol. The van der Waals surface area contributed by atoms with Gasteiger partial charge in [0.15, 0.2) is 6.61 Å². The molecule has 1 aliphatic heterocycles. The highest BCUT2D eigenvalue weighted by atomic mass is 16.5. The first-order valence-electron chi connectivity index (χ1n) is 7.92. The second-order valence-electron chi connectivity index (χ2n) is 5.88. The van der Waals surface area contributed by atoms with Crippen LogP contribution in [0.1, 0.15) is 22.8 Å². The third-order valence-corrected chi connectivity index (χ3v) is 4.17. The number of fused-ring (bicyclic) bond motifs is 1. The van der Waals surface area contributed by atoms with Crippen molar-refractivity contribution in [1.29, 1.82) is 0 Å². The molecule has 3 rings (SSSR count). The van der Waals surface area contributed by atoms with Gasteiger partial charge in [-0.15, -0.1) is 0 Å². The van der Waals surface area contributed by atoms with Crippen molar-refractivity contribution in [2.75, 3.05) is 16.8 Å². The van der Waals surface area contributed by atoms with Crippen molar-refractivity contribution >= 4 is 29.5 Å². The summed E-state index contributed by atoms with van der Waals surface area (Å²) in [7, 11) is 0. The average Bonchev–Trinajstić information content (AvgIpc) is 2.62. The maximum Gasteiger partial charge on any atom is 0.265 e. The van der Waals surface area contributed by atoms with E-state index in [2.05, 4.69) is 5.32 Å². The zero-order valence-corrected chi connectivity index (χ0v) is 14.0. The van der Waals surface area contributed by atoms with Gasteiger partial charge in [0.2, 0.25) is 5.91 Å². The smallest absolute Gasteiger partial charge is 0.265 e. The Morgan fingerprint density at radius 3 is 2.76 bits per heavy atom. The monoisotopic (exact) mass is 338 g/mol. The molecule has 1 N–H and O–H groups in total. The summed E-state index contributed by atoms with van der Waals surface area (Å²) in [6, 6.07) is 11.5. The standard InChI is InChI=1S/C19H18N2O4/c1-12-5-3-4-6-15(12)20-19(24)13(2)21-16-9-14(10-22)7-8-17(16)25-11-18(21)23/h3-10,13H,11H2,1-2H3,(H,20,24). The van der Waals surface area contributed by atoms with E-state index in [9.17, 15) is 14.4 Å². The molecule has 2 aromatic carbocycles. The molecule has 0 aliphatic carbocycles. The van der Waals surface area contributed by atoms with Gasteiger partial charge < -0.3 is 10.1 Å². The number of aldehydes is 1. The number of hydrogen-bond acceptors (Lipinski definition) is 4. The van der Waals surface area contributed by atoms with Gasteiger partial charge in [-0.25, -0.2) is 0 Å². The molecule has 0 spiro atoms. The highest BCUT2D eigenvalue weighted by Gasteiger charge is 2.33. The Morgan fingerprint density at radius 2 is 2.04 bits per heavy atom. The predicted molar refractivity (Wildman–Crippen MR) is 94.1 cm³/mol. The first-order valence-corrected chi connectivity index (χ1v) is 7.92. The molecule has 6 heteroatoms. The van der Waals surface area contributed by atoms with Crippen LogP contribution in [0.2, 0.25) is 0 Å². The van der Waals surface area contributed by atoms with Crippen molar-refractivity contribution in [1.82, 2.24) is 0 Å². The zero-order chi connectivity index (χ0) is 18.0. The topological polar surface area (TPSA) is 75.7 Å². The van der Waals surface area contributed by atoms with Gasteiger partial charge in [-0.3, -0.25) is 19.3 Å². The summed E-state index contributed by atoms with van der Waals surface area (Å²) < 4.78 is 5.39. The Balaban J connectivity index is 1.90. The summed E-state index contributed by atoms with van der Waals surface area (Å²) in [5.74, 6) is -0.171. The van der Waals surface area contributed by atoms with Gasteiger partial charge in [-0.2, -0.15) is 0 Å². The molecule has 1 aliphatic rings. The van der Waals surface area contributed by atoms with Crippen LogP contribution in [0.15, 0.2) is 42.5 Å². The van der Waals surface area contributed by atoms with Crippen LogP contribution in [0, 0.1) is 6.92 Å². The largest absolute Gasteiger partial charge is 0.482 e. The normalized spacial score (nSPS) is 14.3. The minimum absolute atomic E-state index is 0.143. The van der Waals surface area contributed by atoms with Crippen LogP contribution < -0.4 is 15.0 Å². The lowest BCUT2D eigenvalue weighted by atomic mass is 10.1. The predicted octanol–water partition coefficient (Wildman–Crippen LogP) is 2.56. The van der Waals surface area contributed by atoms with E-state index in [1.165, 1.54) is 4.90 Å². The van der Waals surface area contributed by atoms with Crippen molar-refractivity contribution in [3.05, 3.63) is 53.6 Å². The number of anilines is 2. The first-order chi connectivity index (χ1) is 12.0. The van der Waals surface area contributed by atoms with Gasteiger partial charge in [-0.1, -0.05) is 18.2 Å². The summed E-state index contributed by atoms with van der Waals surface area (Å²) >= 11 is 0. The van der Waals surface area contributed by atoms with E-state index in [1.54, 1.807) is 31.2 Å². The summed E-state index contributed by atoms with van der Waals surface area (Å²) in [6.07, 6.45) is 0.690. The molecule has 25 heavy (non-hydrogen) atoms. The Kier molecular flexibility index (Phi) is 4.52. The SMILES string of the molecule is Cc1ccccc1NC(=O)C(C)N1C(=O)COc2ccc(C=O)cc21. The van der Waals surface area contributed by atoms with E-state index in [-0.39, 0.29) is 18.4 Å². The number of rotatable bonds is 4. The molecular formula is C19H18N2O4. The average molecular weight is 338 g/mol. The minimum atomic E-state index is -0.753. The van der Waals surface area contributed by atoms with Crippen molar-refractivity contribution < 1.29 is 19.1 Å². The van der Waals surface area contributed by atoms with Gasteiger partial charge in [0.25, 0.3) is 5.91 Å². The zero-order valence-electron chi connectivity index (χ0n) is 14.0. The van der Waals surface area contributed by atoms with Crippen LogP contribution in [0.5, 0.6) is 5.75 Å². The molecule has 0 radical (unpaired) electrons. The van der Waals surface area contributed by atoms with Crippen LogP contribution in [-0.2, 0) is 9.59 Å². The Bertz CT molecular complexity index is 847. The number of benzene rings is 2. The highest BCUT2D eigenvalue weighted by Crippen LogP contribution is 2.34. The highest BCUT2D eigenvalue weighted by molar-refractivity contribution is 6.07.